The van der Waals surface area contributed by atoms with E-state index in [1.807, 2.05) is 0 Å². The number of rotatable bonds is 6. The molecule has 0 saturated heterocycles. The van der Waals surface area contributed by atoms with Crippen molar-refractivity contribution in [2.24, 2.45) is 23.6 Å². The van der Waals surface area contributed by atoms with Crippen LogP contribution in [0.15, 0.2) is 0 Å². The molecule has 0 aromatic carbocycles. The van der Waals surface area contributed by atoms with E-state index in [1.165, 1.54) is 25.7 Å². The molecule has 2 fully saturated rings. The Labute approximate surface area is 105 Å². The molecule has 4 unspecified atom stereocenters. The van der Waals surface area contributed by atoms with E-state index in [4.69, 9.17) is 5.84 Å². The molecule has 6 heteroatoms. The van der Waals surface area contributed by atoms with E-state index in [-0.39, 0.29) is 12.6 Å². The summed E-state index contributed by atoms with van der Waals surface area (Å²) >= 11 is 0. The molecule has 0 amide bonds. The average molecular weight is 266 g/mol. The molecular weight excluding hydrogens is 245 g/mol. The van der Waals surface area contributed by atoms with Gasteiger partial charge in [0.1, 0.15) is 6.61 Å². The number of hydrogen-bond acceptors (Lipinski definition) is 3. The van der Waals surface area contributed by atoms with E-state index in [9.17, 15) is 13.2 Å². The first-order chi connectivity index (χ1) is 8.48. The monoisotopic (exact) mass is 266 g/mol. The first-order valence-corrected chi connectivity index (χ1v) is 6.58. The van der Waals surface area contributed by atoms with E-state index >= 15 is 0 Å². The van der Waals surface area contributed by atoms with Crippen LogP contribution in [-0.4, -0.2) is 25.4 Å². The molecule has 0 radical (unpaired) electrons. The lowest BCUT2D eigenvalue weighted by atomic mass is 9.84. The van der Waals surface area contributed by atoms with Crippen molar-refractivity contribution in [3.05, 3.63) is 0 Å². The highest BCUT2D eigenvalue weighted by Crippen LogP contribution is 2.49. The molecule has 2 aliphatic rings. The Morgan fingerprint density at radius 2 is 2.06 bits per heavy atom. The Balaban J connectivity index is 1.69. The third-order valence-corrected chi connectivity index (χ3v) is 4.29. The molecule has 3 nitrogen and oxygen atoms in total. The average Bonchev–Trinajstić information content (AvgIpc) is 2.87. The third-order valence-electron chi connectivity index (χ3n) is 4.29. The zero-order valence-corrected chi connectivity index (χ0v) is 10.4. The van der Waals surface area contributed by atoms with Gasteiger partial charge in [0.15, 0.2) is 0 Å². The topological polar surface area (TPSA) is 47.3 Å². The zero-order chi connectivity index (χ0) is 13.2. The summed E-state index contributed by atoms with van der Waals surface area (Å²) in [7, 11) is 0. The Kier molecular flexibility index (Phi) is 4.50. The second kappa shape index (κ2) is 5.75. The lowest BCUT2D eigenvalue weighted by molar-refractivity contribution is -0.175. The predicted molar refractivity (Wildman–Crippen MR) is 61.5 cm³/mol. The van der Waals surface area contributed by atoms with Crippen LogP contribution in [0.3, 0.4) is 0 Å². The molecule has 2 aliphatic carbocycles. The minimum atomic E-state index is -4.26. The number of ether oxygens (including phenoxy) is 1. The molecule has 2 rings (SSSR count). The summed E-state index contributed by atoms with van der Waals surface area (Å²) < 4.78 is 40.6. The normalized spacial score (nSPS) is 33.0. The van der Waals surface area contributed by atoms with Crippen LogP contribution >= 0.6 is 0 Å². The van der Waals surface area contributed by atoms with E-state index in [2.05, 4.69) is 10.2 Å². The maximum atomic E-state index is 12.0. The fourth-order valence-corrected chi connectivity index (χ4v) is 3.53. The van der Waals surface area contributed by atoms with Crippen LogP contribution in [-0.2, 0) is 4.74 Å². The van der Waals surface area contributed by atoms with Crippen molar-refractivity contribution in [2.45, 2.75) is 44.3 Å². The number of hydrogen-bond donors (Lipinski definition) is 2. The number of nitrogens with two attached hydrogens (primary N) is 1. The van der Waals surface area contributed by atoms with Gasteiger partial charge in [0.2, 0.25) is 0 Å². The van der Waals surface area contributed by atoms with Crippen molar-refractivity contribution >= 4 is 0 Å². The molecule has 2 bridgehead atoms. The summed E-state index contributed by atoms with van der Waals surface area (Å²) in [5.41, 5.74) is 2.58. The third kappa shape index (κ3) is 3.83. The Morgan fingerprint density at radius 1 is 1.28 bits per heavy atom. The van der Waals surface area contributed by atoms with Crippen LogP contribution in [0, 0.1) is 17.8 Å². The lowest BCUT2D eigenvalue weighted by Crippen LogP contribution is -2.41. The summed E-state index contributed by atoms with van der Waals surface area (Å²) in [5, 5.41) is 0. The van der Waals surface area contributed by atoms with Gasteiger partial charge in [-0.25, -0.2) is 0 Å². The second-order valence-electron chi connectivity index (χ2n) is 5.66. The SMILES string of the molecule is NNC(COCC(F)(F)F)CC1CC2CCC1C2. The Bertz CT molecular complexity index is 273. The molecule has 0 spiro atoms. The van der Waals surface area contributed by atoms with Gasteiger partial charge in [0, 0.05) is 6.04 Å². The highest BCUT2D eigenvalue weighted by atomic mass is 19.4. The molecule has 4 atom stereocenters. The van der Waals surface area contributed by atoms with Gasteiger partial charge in [0.05, 0.1) is 6.61 Å². The number of halogens is 3. The van der Waals surface area contributed by atoms with Gasteiger partial charge in [0.25, 0.3) is 0 Å². The van der Waals surface area contributed by atoms with E-state index < -0.39 is 12.8 Å². The van der Waals surface area contributed by atoms with Gasteiger partial charge in [-0.15, -0.1) is 0 Å². The molecule has 2 saturated carbocycles. The molecule has 106 valence electrons. The van der Waals surface area contributed by atoms with Gasteiger partial charge in [-0.1, -0.05) is 6.42 Å². The maximum Gasteiger partial charge on any atom is 0.411 e. The summed E-state index contributed by atoms with van der Waals surface area (Å²) in [6, 6.07) is -0.170. The fourth-order valence-electron chi connectivity index (χ4n) is 3.53. The van der Waals surface area contributed by atoms with Crippen molar-refractivity contribution in [1.82, 2.24) is 5.43 Å². The van der Waals surface area contributed by atoms with Gasteiger partial charge in [-0.05, 0) is 43.4 Å². The standard InChI is InChI=1S/C12H21F3N2O/c13-12(14,15)7-18-6-11(17-16)5-10-4-8-1-2-9(10)3-8/h8-11,17H,1-7,16H2. The number of fused-ring (bicyclic) bond motifs is 2. The summed E-state index contributed by atoms with van der Waals surface area (Å²) in [6.07, 6.45) is 1.68. The largest absolute Gasteiger partial charge is 0.411 e. The van der Waals surface area contributed by atoms with Gasteiger partial charge in [-0.3, -0.25) is 11.3 Å². The molecular formula is C12H21F3N2O. The number of alkyl halides is 3. The molecule has 0 aromatic heterocycles. The van der Waals surface area contributed by atoms with E-state index in [0.29, 0.717) is 5.92 Å². The number of nitrogens with one attached hydrogen (secondary N) is 1. The molecule has 0 aromatic rings. The van der Waals surface area contributed by atoms with Crippen LogP contribution in [0.1, 0.15) is 32.1 Å². The van der Waals surface area contributed by atoms with E-state index in [0.717, 1.165) is 18.3 Å². The summed E-state index contributed by atoms with van der Waals surface area (Å²) in [4.78, 5) is 0. The van der Waals surface area contributed by atoms with Gasteiger partial charge < -0.3 is 4.74 Å². The van der Waals surface area contributed by atoms with Crippen molar-refractivity contribution in [3.63, 3.8) is 0 Å². The zero-order valence-electron chi connectivity index (χ0n) is 10.4. The first-order valence-electron chi connectivity index (χ1n) is 6.58. The maximum absolute atomic E-state index is 12.0. The van der Waals surface area contributed by atoms with Crippen LogP contribution in [0.2, 0.25) is 0 Å². The van der Waals surface area contributed by atoms with Crippen molar-refractivity contribution in [3.8, 4) is 0 Å². The van der Waals surface area contributed by atoms with E-state index in [1.54, 1.807) is 0 Å². The predicted octanol–water partition coefficient (Wildman–Crippen LogP) is 2.22. The molecule has 3 N–H and O–H groups in total. The highest BCUT2D eigenvalue weighted by Gasteiger charge is 2.40. The minimum Gasteiger partial charge on any atom is -0.370 e. The quantitative estimate of drug-likeness (QED) is 0.572. The van der Waals surface area contributed by atoms with Gasteiger partial charge in [-0.2, -0.15) is 13.2 Å². The van der Waals surface area contributed by atoms with Crippen molar-refractivity contribution in [2.75, 3.05) is 13.2 Å². The smallest absolute Gasteiger partial charge is 0.370 e. The fraction of sp³-hybridized carbons (Fsp3) is 1.00. The highest BCUT2D eigenvalue weighted by molar-refractivity contribution is 4.91. The van der Waals surface area contributed by atoms with Crippen LogP contribution in [0.25, 0.3) is 0 Å². The van der Waals surface area contributed by atoms with Gasteiger partial charge >= 0.3 is 6.18 Å². The van der Waals surface area contributed by atoms with Crippen molar-refractivity contribution in [1.29, 1.82) is 0 Å². The first kappa shape index (κ1) is 14.1. The van der Waals surface area contributed by atoms with Crippen LogP contribution < -0.4 is 11.3 Å². The second-order valence-corrected chi connectivity index (χ2v) is 5.66. The van der Waals surface area contributed by atoms with Crippen LogP contribution in [0.5, 0.6) is 0 Å². The molecule has 0 heterocycles. The summed E-state index contributed by atoms with van der Waals surface area (Å²) in [5.74, 6) is 7.60. The summed E-state index contributed by atoms with van der Waals surface area (Å²) in [6.45, 7) is -1.16. The Morgan fingerprint density at radius 3 is 2.56 bits per heavy atom. The van der Waals surface area contributed by atoms with Crippen LogP contribution in [0.4, 0.5) is 13.2 Å². The minimum absolute atomic E-state index is 0.0316. The van der Waals surface area contributed by atoms with Crippen molar-refractivity contribution < 1.29 is 17.9 Å². The molecule has 18 heavy (non-hydrogen) atoms. The number of hydrazine groups is 1. The molecule has 0 aliphatic heterocycles. The Hall–Kier alpha value is -0.330. The lowest BCUT2D eigenvalue weighted by Gasteiger charge is -2.26.